The molecule has 0 aromatic heterocycles. The van der Waals surface area contributed by atoms with Gasteiger partial charge < -0.3 is 16.8 Å². The van der Waals surface area contributed by atoms with Crippen LogP contribution in [0.2, 0.25) is 0 Å². The topological polar surface area (TPSA) is 132 Å². The number of hydrogen-bond acceptors (Lipinski definition) is 5. The van der Waals surface area contributed by atoms with Crippen LogP contribution in [0.4, 0.5) is 5.69 Å². The molecule has 2 amide bonds. The number of rotatable bonds is 6. The Morgan fingerprint density at radius 1 is 1.33 bits per heavy atom. The lowest BCUT2D eigenvalue weighted by atomic mass is 10.1. The molecule has 1 atom stereocenters. The summed E-state index contributed by atoms with van der Waals surface area (Å²) < 4.78 is 22.1. The average molecular weight is 313 g/mol. The second kappa shape index (κ2) is 6.68. The third-order valence-electron chi connectivity index (χ3n) is 2.91. The number of anilines is 1. The van der Waals surface area contributed by atoms with Gasteiger partial charge in [0, 0.05) is 17.5 Å². The van der Waals surface area contributed by atoms with Crippen LogP contribution in [-0.2, 0) is 14.6 Å². The van der Waals surface area contributed by atoms with E-state index in [1.807, 2.05) is 0 Å². The highest BCUT2D eigenvalue weighted by Gasteiger charge is 2.17. The van der Waals surface area contributed by atoms with Gasteiger partial charge in [0.15, 0.2) is 0 Å². The fourth-order valence-corrected chi connectivity index (χ4v) is 2.34. The van der Waals surface area contributed by atoms with Crippen LogP contribution in [0.1, 0.15) is 22.3 Å². The lowest BCUT2D eigenvalue weighted by molar-refractivity contribution is -0.117. The summed E-state index contributed by atoms with van der Waals surface area (Å²) in [7, 11) is -3.16. The number of aryl methyl sites for hydroxylation is 1. The first-order valence-electron chi connectivity index (χ1n) is 6.25. The second-order valence-corrected chi connectivity index (χ2v) is 7.17. The minimum absolute atomic E-state index is 0.0447. The van der Waals surface area contributed by atoms with E-state index in [1.165, 1.54) is 6.07 Å². The summed E-state index contributed by atoms with van der Waals surface area (Å²) in [6, 6.07) is 3.68. The molecule has 1 rings (SSSR count). The summed E-state index contributed by atoms with van der Waals surface area (Å²) in [4.78, 5) is 22.9. The zero-order valence-corrected chi connectivity index (χ0v) is 12.7. The number of hydrogen-bond donors (Lipinski definition) is 3. The molecule has 1 aromatic rings. The molecule has 21 heavy (non-hydrogen) atoms. The highest BCUT2D eigenvalue weighted by atomic mass is 32.2. The maximum Gasteiger partial charge on any atom is 0.248 e. The number of primary amides is 1. The van der Waals surface area contributed by atoms with Crippen LogP contribution in [0.3, 0.4) is 0 Å². The van der Waals surface area contributed by atoms with E-state index >= 15 is 0 Å². The Hall–Kier alpha value is -1.93. The number of sulfone groups is 1. The van der Waals surface area contributed by atoms with Gasteiger partial charge in [-0.25, -0.2) is 8.42 Å². The molecule has 116 valence electrons. The summed E-state index contributed by atoms with van der Waals surface area (Å²) in [5, 5.41) is 2.60. The number of nitrogens with one attached hydrogen (secondary N) is 1. The highest BCUT2D eigenvalue weighted by Crippen LogP contribution is 2.16. The first-order valence-corrected chi connectivity index (χ1v) is 8.31. The van der Waals surface area contributed by atoms with E-state index in [2.05, 4.69) is 5.32 Å². The first-order chi connectivity index (χ1) is 9.60. The fraction of sp³-hybridized carbons (Fsp3) is 0.385. The summed E-state index contributed by atoms with van der Waals surface area (Å²) in [6.07, 6.45) is 1.13. The second-order valence-electron chi connectivity index (χ2n) is 4.91. The predicted molar refractivity (Wildman–Crippen MR) is 80.6 cm³/mol. The monoisotopic (exact) mass is 313 g/mol. The maximum absolute atomic E-state index is 11.9. The van der Waals surface area contributed by atoms with E-state index < -0.39 is 27.7 Å². The van der Waals surface area contributed by atoms with Crippen molar-refractivity contribution < 1.29 is 18.0 Å². The number of nitrogens with two attached hydrogens (primary N) is 2. The molecule has 5 N–H and O–H groups in total. The van der Waals surface area contributed by atoms with Gasteiger partial charge in [-0.2, -0.15) is 0 Å². The first kappa shape index (κ1) is 17.1. The minimum atomic E-state index is -3.16. The summed E-state index contributed by atoms with van der Waals surface area (Å²) in [5.74, 6) is -1.18. The zero-order chi connectivity index (χ0) is 16.2. The van der Waals surface area contributed by atoms with Crippen molar-refractivity contribution in [3.05, 3.63) is 29.3 Å². The van der Waals surface area contributed by atoms with Crippen molar-refractivity contribution in [2.45, 2.75) is 19.4 Å². The van der Waals surface area contributed by atoms with E-state index in [1.54, 1.807) is 19.1 Å². The molecule has 0 saturated heterocycles. The van der Waals surface area contributed by atoms with Crippen LogP contribution in [-0.4, -0.2) is 38.3 Å². The molecule has 0 aliphatic rings. The van der Waals surface area contributed by atoms with Crippen LogP contribution in [0.25, 0.3) is 0 Å². The van der Waals surface area contributed by atoms with Crippen molar-refractivity contribution >= 4 is 27.3 Å². The molecule has 0 heterocycles. The van der Waals surface area contributed by atoms with Gasteiger partial charge >= 0.3 is 0 Å². The van der Waals surface area contributed by atoms with Crippen molar-refractivity contribution in [3.8, 4) is 0 Å². The Morgan fingerprint density at radius 2 is 1.95 bits per heavy atom. The third kappa shape index (κ3) is 5.52. The molecule has 0 aliphatic carbocycles. The highest BCUT2D eigenvalue weighted by molar-refractivity contribution is 7.90. The summed E-state index contributed by atoms with van der Waals surface area (Å²) in [6.45, 7) is 1.71. The molecule has 0 aliphatic heterocycles. The Balaban J connectivity index is 2.72. The van der Waals surface area contributed by atoms with Gasteiger partial charge in [0.2, 0.25) is 11.8 Å². The van der Waals surface area contributed by atoms with Crippen molar-refractivity contribution in [1.82, 2.24) is 0 Å². The van der Waals surface area contributed by atoms with Gasteiger partial charge in [-0.3, -0.25) is 9.59 Å². The van der Waals surface area contributed by atoms with Crippen LogP contribution >= 0.6 is 0 Å². The van der Waals surface area contributed by atoms with Crippen molar-refractivity contribution in [1.29, 1.82) is 0 Å². The number of amides is 2. The largest absolute Gasteiger partial charge is 0.366 e. The molecule has 7 nitrogen and oxygen atoms in total. The Morgan fingerprint density at radius 3 is 2.43 bits per heavy atom. The normalized spacial score (nSPS) is 12.7. The van der Waals surface area contributed by atoms with Gasteiger partial charge in [-0.15, -0.1) is 0 Å². The maximum atomic E-state index is 11.9. The number of benzene rings is 1. The van der Waals surface area contributed by atoms with E-state index in [9.17, 15) is 18.0 Å². The number of carbonyl (C=O) groups is 2. The fourth-order valence-electron chi connectivity index (χ4n) is 1.65. The molecular weight excluding hydrogens is 294 g/mol. The molecular formula is C13H19N3O4S. The lowest BCUT2D eigenvalue weighted by Gasteiger charge is -2.13. The Kier molecular flexibility index (Phi) is 5.45. The van der Waals surface area contributed by atoms with E-state index in [-0.39, 0.29) is 12.2 Å². The van der Waals surface area contributed by atoms with Crippen molar-refractivity contribution in [2.24, 2.45) is 11.5 Å². The Bertz CT molecular complexity index is 655. The standard InChI is InChI=1S/C13H19N3O4S/c1-8-7-9(12(15)17)3-4-11(8)16-13(18)10(14)5-6-21(2,19)20/h3-4,7,10H,5-6,14H2,1-2H3,(H2,15,17)(H,16,18). The third-order valence-corrected chi connectivity index (χ3v) is 3.88. The van der Waals surface area contributed by atoms with Crippen LogP contribution in [0, 0.1) is 6.92 Å². The molecule has 0 fully saturated rings. The van der Waals surface area contributed by atoms with Gasteiger partial charge in [0.05, 0.1) is 11.8 Å². The van der Waals surface area contributed by atoms with Crippen molar-refractivity contribution in [2.75, 3.05) is 17.3 Å². The molecule has 0 bridgehead atoms. The zero-order valence-electron chi connectivity index (χ0n) is 11.9. The lowest BCUT2D eigenvalue weighted by Crippen LogP contribution is -2.37. The summed E-state index contributed by atoms with van der Waals surface area (Å²) in [5.41, 5.74) is 12.3. The average Bonchev–Trinajstić information content (AvgIpc) is 2.37. The SMILES string of the molecule is Cc1cc(C(N)=O)ccc1NC(=O)C(N)CCS(C)(=O)=O. The molecule has 8 heteroatoms. The molecule has 0 spiro atoms. The van der Waals surface area contributed by atoms with E-state index in [4.69, 9.17) is 11.5 Å². The quantitative estimate of drug-likeness (QED) is 0.668. The minimum Gasteiger partial charge on any atom is -0.366 e. The predicted octanol–water partition coefficient (Wildman–Crippen LogP) is -0.206. The van der Waals surface area contributed by atoms with Gasteiger partial charge in [-0.1, -0.05) is 0 Å². The summed E-state index contributed by atoms with van der Waals surface area (Å²) >= 11 is 0. The van der Waals surface area contributed by atoms with E-state index in [0.717, 1.165) is 6.26 Å². The van der Waals surface area contributed by atoms with E-state index in [0.29, 0.717) is 16.8 Å². The smallest absolute Gasteiger partial charge is 0.248 e. The van der Waals surface area contributed by atoms with Gasteiger partial charge in [0.25, 0.3) is 0 Å². The molecule has 1 unspecified atom stereocenters. The van der Waals surface area contributed by atoms with Crippen LogP contribution in [0.5, 0.6) is 0 Å². The van der Waals surface area contributed by atoms with Crippen LogP contribution in [0.15, 0.2) is 18.2 Å². The van der Waals surface area contributed by atoms with Gasteiger partial charge in [-0.05, 0) is 37.1 Å². The van der Waals surface area contributed by atoms with Crippen molar-refractivity contribution in [3.63, 3.8) is 0 Å². The van der Waals surface area contributed by atoms with Gasteiger partial charge in [0.1, 0.15) is 9.84 Å². The van der Waals surface area contributed by atoms with Crippen LogP contribution < -0.4 is 16.8 Å². The molecule has 1 aromatic carbocycles. The molecule has 0 radical (unpaired) electrons. The Labute approximate surface area is 123 Å². The number of carbonyl (C=O) groups excluding carboxylic acids is 2. The molecule has 0 saturated carbocycles.